The summed E-state index contributed by atoms with van der Waals surface area (Å²) in [6.07, 6.45) is 3.21. The molecule has 0 atom stereocenters. The molecule has 0 aliphatic carbocycles. The summed E-state index contributed by atoms with van der Waals surface area (Å²) < 4.78 is 4.86. The predicted octanol–water partition coefficient (Wildman–Crippen LogP) is 1.51. The lowest BCUT2D eigenvalue weighted by Gasteiger charge is -1.97. The van der Waals surface area contributed by atoms with E-state index < -0.39 is 0 Å². The quantitative estimate of drug-likeness (QED) is 0.711. The Labute approximate surface area is 101 Å². The van der Waals surface area contributed by atoms with Gasteiger partial charge in [-0.15, -0.1) is 0 Å². The zero-order chi connectivity index (χ0) is 12.5. The van der Waals surface area contributed by atoms with Gasteiger partial charge in [0.05, 0.1) is 10.9 Å². The number of anilines is 1. The summed E-state index contributed by atoms with van der Waals surface area (Å²) in [6, 6.07) is 3.38. The molecule has 0 aromatic carbocycles. The number of carbonyl (C=O) groups is 1. The molecule has 3 rings (SSSR count). The molecule has 3 aromatic heterocycles. The number of amides is 1. The molecule has 1 amide bonds. The number of aromatic amines is 1. The molecule has 0 aliphatic rings. The van der Waals surface area contributed by atoms with Crippen molar-refractivity contribution in [2.45, 2.75) is 6.92 Å². The van der Waals surface area contributed by atoms with Crippen LogP contribution in [0.5, 0.6) is 0 Å². The number of fused-ring (bicyclic) bond motifs is 1. The molecule has 18 heavy (non-hydrogen) atoms. The maximum absolute atomic E-state index is 12.0. The van der Waals surface area contributed by atoms with Gasteiger partial charge in [0.25, 0.3) is 5.91 Å². The Kier molecular flexibility index (Phi) is 2.30. The van der Waals surface area contributed by atoms with E-state index >= 15 is 0 Å². The van der Waals surface area contributed by atoms with Crippen LogP contribution in [0.2, 0.25) is 0 Å². The molecule has 0 bridgehead atoms. The van der Waals surface area contributed by atoms with Crippen LogP contribution in [0.25, 0.3) is 10.9 Å². The second-order valence-electron chi connectivity index (χ2n) is 3.77. The minimum absolute atomic E-state index is 0.277. The number of carbonyl (C=O) groups excluding carboxylic acids is 1. The number of hydrogen-bond donors (Lipinski definition) is 2. The molecule has 7 heteroatoms. The van der Waals surface area contributed by atoms with E-state index in [9.17, 15) is 4.79 Å². The minimum atomic E-state index is -0.359. The summed E-state index contributed by atoms with van der Waals surface area (Å²) in [5, 5.41) is 13.7. The summed E-state index contributed by atoms with van der Waals surface area (Å²) in [4.78, 5) is 16.0. The van der Waals surface area contributed by atoms with Gasteiger partial charge >= 0.3 is 0 Å². The number of nitrogens with one attached hydrogen (secondary N) is 2. The first-order chi connectivity index (χ1) is 8.74. The first-order valence-corrected chi connectivity index (χ1v) is 5.27. The van der Waals surface area contributed by atoms with Crippen molar-refractivity contribution in [1.82, 2.24) is 20.3 Å². The van der Waals surface area contributed by atoms with Crippen LogP contribution in [0, 0.1) is 6.92 Å². The van der Waals surface area contributed by atoms with Crippen molar-refractivity contribution in [2.75, 3.05) is 5.32 Å². The molecule has 0 unspecified atom stereocenters. The van der Waals surface area contributed by atoms with Gasteiger partial charge < -0.3 is 9.84 Å². The third-order valence-electron chi connectivity index (χ3n) is 2.45. The van der Waals surface area contributed by atoms with Crippen molar-refractivity contribution in [2.24, 2.45) is 0 Å². The standard InChI is InChI=1S/C11H9N5O2/c1-6-4-9(16-18-6)13-11(17)10-7-5-12-3-2-8(7)14-15-10/h2-5H,1H3,(H,14,15)(H,13,16,17). The second kappa shape index (κ2) is 3.95. The van der Waals surface area contributed by atoms with Crippen molar-refractivity contribution in [3.63, 3.8) is 0 Å². The van der Waals surface area contributed by atoms with Crippen LogP contribution in [0.4, 0.5) is 5.82 Å². The van der Waals surface area contributed by atoms with E-state index in [2.05, 4.69) is 25.7 Å². The van der Waals surface area contributed by atoms with Gasteiger partial charge in [-0.3, -0.25) is 14.9 Å². The Hall–Kier alpha value is -2.70. The SMILES string of the molecule is Cc1cc(NC(=O)c2n[nH]c3ccncc23)no1. The Morgan fingerprint density at radius 3 is 3.17 bits per heavy atom. The highest BCUT2D eigenvalue weighted by Gasteiger charge is 2.15. The Morgan fingerprint density at radius 1 is 1.50 bits per heavy atom. The van der Waals surface area contributed by atoms with Crippen LogP contribution >= 0.6 is 0 Å². The average Bonchev–Trinajstić information content (AvgIpc) is 2.95. The molecule has 0 spiro atoms. The number of H-pyrrole nitrogens is 1. The zero-order valence-corrected chi connectivity index (χ0v) is 9.47. The van der Waals surface area contributed by atoms with Gasteiger partial charge in [0.15, 0.2) is 11.5 Å². The van der Waals surface area contributed by atoms with Crippen molar-refractivity contribution >= 4 is 22.6 Å². The van der Waals surface area contributed by atoms with Gasteiger partial charge in [0, 0.05) is 18.5 Å². The molecule has 0 saturated heterocycles. The second-order valence-corrected chi connectivity index (χ2v) is 3.77. The summed E-state index contributed by atoms with van der Waals surface area (Å²) in [6.45, 7) is 1.75. The lowest BCUT2D eigenvalue weighted by Crippen LogP contribution is -2.13. The number of rotatable bonds is 2. The number of nitrogens with zero attached hydrogens (tertiary/aromatic N) is 3. The number of aromatic nitrogens is 4. The number of aryl methyl sites for hydroxylation is 1. The molecule has 2 N–H and O–H groups in total. The molecule has 0 fully saturated rings. The maximum atomic E-state index is 12.0. The van der Waals surface area contributed by atoms with E-state index in [1.54, 1.807) is 31.5 Å². The molecule has 0 radical (unpaired) electrons. The summed E-state index contributed by atoms with van der Waals surface area (Å²) >= 11 is 0. The largest absolute Gasteiger partial charge is 0.360 e. The van der Waals surface area contributed by atoms with Crippen molar-refractivity contribution in [3.8, 4) is 0 Å². The summed E-state index contributed by atoms with van der Waals surface area (Å²) in [7, 11) is 0. The van der Waals surface area contributed by atoms with Gasteiger partial charge in [0.1, 0.15) is 5.76 Å². The number of hydrogen-bond acceptors (Lipinski definition) is 5. The monoisotopic (exact) mass is 243 g/mol. The molecule has 3 aromatic rings. The third-order valence-corrected chi connectivity index (χ3v) is 2.45. The van der Waals surface area contributed by atoms with Crippen molar-refractivity contribution < 1.29 is 9.32 Å². The highest BCUT2D eigenvalue weighted by molar-refractivity contribution is 6.10. The highest BCUT2D eigenvalue weighted by Crippen LogP contribution is 2.15. The molecule has 7 nitrogen and oxygen atoms in total. The minimum Gasteiger partial charge on any atom is -0.360 e. The normalized spacial score (nSPS) is 10.7. The van der Waals surface area contributed by atoms with Gasteiger partial charge in [-0.05, 0) is 13.0 Å². The number of pyridine rings is 1. The molecule has 0 aliphatic heterocycles. The third kappa shape index (κ3) is 1.71. The lowest BCUT2D eigenvalue weighted by molar-refractivity contribution is 0.102. The van der Waals surface area contributed by atoms with Crippen LogP contribution in [-0.2, 0) is 0 Å². The Balaban J connectivity index is 1.92. The summed E-state index contributed by atoms with van der Waals surface area (Å²) in [5.74, 6) is 0.624. The smallest absolute Gasteiger partial charge is 0.278 e. The first-order valence-electron chi connectivity index (χ1n) is 5.27. The fraction of sp³-hybridized carbons (Fsp3) is 0.0909. The maximum Gasteiger partial charge on any atom is 0.278 e. The highest BCUT2D eigenvalue weighted by atomic mass is 16.5. The molecule has 90 valence electrons. The van der Waals surface area contributed by atoms with Crippen LogP contribution in [0.15, 0.2) is 29.0 Å². The van der Waals surface area contributed by atoms with E-state index in [4.69, 9.17) is 4.52 Å². The van der Waals surface area contributed by atoms with E-state index in [0.29, 0.717) is 17.0 Å². The average molecular weight is 243 g/mol. The Morgan fingerprint density at radius 2 is 2.39 bits per heavy atom. The molecule has 3 heterocycles. The molecular weight excluding hydrogens is 234 g/mol. The van der Waals surface area contributed by atoms with Crippen molar-refractivity contribution in [1.29, 1.82) is 0 Å². The Bertz CT molecular complexity index is 715. The van der Waals surface area contributed by atoms with Crippen LogP contribution in [0.3, 0.4) is 0 Å². The fourth-order valence-corrected chi connectivity index (χ4v) is 1.63. The van der Waals surface area contributed by atoms with Crippen molar-refractivity contribution in [3.05, 3.63) is 36.0 Å². The lowest BCUT2D eigenvalue weighted by atomic mass is 10.2. The van der Waals surface area contributed by atoms with Gasteiger partial charge in [-0.2, -0.15) is 5.10 Å². The van der Waals surface area contributed by atoms with Gasteiger partial charge in [-0.1, -0.05) is 5.16 Å². The predicted molar refractivity (Wildman–Crippen MR) is 63.1 cm³/mol. The topological polar surface area (TPSA) is 96.7 Å². The van der Waals surface area contributed by atoms with E-state index in [-0.39, 0.29) is 11.6 Å². The molecular formula is C11H9N5O2. The van der Waals surface area contributed by atoms with E-state index in [1.165, 1.54) is 0 Å². The molecule has 0 saturated carbocycles. The fourth-order valence-electron chi connectivity index (χ4n) is 1.63. The first kappa shape index (κ1) is 10.5. The van der Waals surface area contributed by atoms with Crippen LogP contribution in [0.1, 0.15) is 16.2 Å². The van der Waals surface area contributed by atoms with E-state index in [0.717, 1.165) is 5.52 Å². The van der Waals surface area contributed by atoms with Crippen LogP contribution < -0.4 is 5.32 Å². The van der Waals surface area contributed by atoms with Gasteiger partial charge in [0.2, 0.25) is 0 Å². The zero-order valence-electron chi connectivity index (χ0n) is 9.47. The van der Waals surface area contributed by atoms with Gasteiger partial charge in [-0.25, -0.2) is 0 Å². The van der Waals surface area contributed by atoms with E-state index in [1.807, 2.05) is 0 Å². The summed E-state index contributed by atoms with van der Waals surface area (Å²) in [5.41, 5.74) is 1.03. The van der Waals surface area contributed by atoms with Crippen LogP contribution in [-0.4, -0.2) is 26.2 Å².